The van der Waals surface area contributed by atoms with E-state index in [2.05, 4.69) is 19.2 Å². The number of carbonyl (C=O) groups is 1. The molecule has 1 aliphatic heterocycles. The lowest BCUT2D eigenvalue weighted by Gasteiger charge is -2.30. The van der Waals surface area contributed by atoms with Crippen LogP contribution < -0.4 is 10.2 Å². The van der Waals surface area contributed by atoms with Gasteiger partial charge in [0.15, 0.2) is 0 Å². The molecule has 2 aromatic rings. The maximum atomic E-state index is 13.0. The zero-order chi connectivity index (χ0) is 20.5. The van der Waals surface area contributed by atoms with E-state index in [1.54, 1.807) is 25.2 Å². The molecule has 0 bridgehead atoms. The van der Waals surface area contributed by atoms with Gasteiger partial charge in [-0.25, -0.2) is 8.42 Å². The number of hydrogen-bond acceptors (Lipinski definition) is 5. The number of nitrogens with one attached hydrogen (secondary N) is 1. The molecule has 0 unspecified atom stereocenters. The summed E-state index contributed by atoms with van der Waals surface area (Å²) in [6.45, 7) is 5.54. The highest BCUT2D eigenvalue weighted by molar-refractivity contribution is 7.89. The Morgan fingerprint density at radius 3 is 2.61 bits per heavy atom. The average Bonchev–Trinajstić information content (AvgIpc) is 2.95. The van der Waals surface area contributed by atoms with Crippen molar-refractivity contribution in [1.29, 1.82) is 0 Å². The third-order valence-corrected chi connectivity index (χ3v) is 8.14. The first-order valence-corrected chi connectivity index (χ1v) is 11.8. The fourth-order valence-corrected chi connectivity index (χ4v) is 5.90. The summed E-state index contributed by atoms with van der Waals surface area (Å²) in [6.07, 6.45) is 1.98. The molecule has 1 N–H and O–H groups in total. The van der Waals surface area contributed by atoms with Crippen molar-refractivity contribution >= 4 is 37.5 Å². The summed E-state index contributed by atoms with van der Waals surface area (Å²) < 4.78 is 29.6. The summed E-state index contributed by atoms with van der Waals surface area (Å²) >= 11 is 1.04. The Balaban J connectivity index is 1.66. The molecular weight excluding hydrogens is 398 g/mol. The number of thiazole rings is 1. The Morgan fingerprint density at radius 2 is 1.96 bits per heavy atom. The minimum Gasteiger partial charge on any atom is -0.356 e. The van der Waals surface area contributed by atoms with E-state index in [0.717, 1.165) is 23.3 Å². The van der Waals surface area contributed by atoms with Crippen molar-refractivity contribution in [3.8, 4) is 0 Å². The number of piperidine rings is 1. The van der Waals surface area contributed by atoms with Crippen LogP contribution in [0.3, 0.4) is 0 Å². The lowest BCUT2D eigenvalue weighted by atomic mass is 9.97. The van der Waals surface area contributed by atoms with Gasteiger partial charge < -0.3 is 9.88 Å². The molecule has 154 valence electrons. The summed E-state index contributed by atoms with van der Waals surface area (Å²) in [6, 6.07) is 4.80. The van der Waals surface area contributed by atoms with Gasteiger partial charge in [0.05, 0.1) is 15.1 Å². The monoisotopic (exact) mass is 425 g/mol. The standard InChI is InChI=1S/C19H27N3O4S2/c1-13(2)6-9-20-18(23)14-7-10-22(11-8-14)28(25,26)15-4-5-16-17(12-15)27-19(24)21(16)3/h4-5,12-14H,6-11H2,1-3H3,(H,20,23). The van der Waals surface area contributed by atoms with Crippen LogP contribution in [-0.4, -0.2) is 42.8 Å². The molecule has 1 aliphatic rings. The van der Waals surface area contributed by atoms with Gasteiger partial charge in [0.2, 0.25) is 15.9 Å². The molecule has 0 aliphatic carbocycles. The number of nitrogens with zero attached hydrogens (tertiary/aromatic N) is 2. The van der Waals surface area contributed by atoms with Crippen molar-refractivity contribution in [2.75, 3.05) is 19.6 Å². The molecule has 1 fully saturated rings. The maximum Gasteiger partial charge on any atom is 0.307 e. The van der Waals surface area contributed by atoms with Gasteiger partial charge in [-0.1, -0.05) is 25.2 Å². The van der Waals surface area contributed by atoms with Gasteiger partial charge in [0, 0.05) is 32.6 Å². The third kappa shape index (κ3) is 4.31. The summed E-state index contributed by atoms with van der Waals surface area (Å²) in [5.41, 5.74) is 0.728. The molecule has 3 rings (SSSR count). The molecule has 0 saturated carbocycles. The average molecular weight is 426 g/mol. The van der Waals surface area contributed by atoms with Crippen LogP contribution in [-0.2, 0) is 21.9 Å². The van der Waals surface area contributed by atoms with Gasteiger partial charge in [-0.15, -0.1) is 0 Å². The van der Waals surface area contributed by atoms with Crippen molar-refractivity contribution in [1.82, 2.24) is 14.2 Å². The predicted octanol–water partition coefficient (Wildman–Crippen LogP) is 2.16. The van der Waals surface area contributed by atoms with E-state index in [4.69, 9.17) is 0 Å². The number of aromatic nitrogens is 1. The van der Waals surface area contributed by atoms with Gasteiger partial charge in [0.1, 0.15) is 0 Å². The Bertz CT molecular complexity index is 1020. The van der Waals surface area contributed by atoms with Gasteiger partial charge >= 0.3 is 4.87 Å². The molecule has 1 saturated heterocycles. The quantitative estimate of drug-likeness (QED) is 0.768. The molecule has 7 nitrogen and oxygen atoms in total. The first-order valence-electron chi connectivity index (χ1n) is 9.57. The zero-order valence-corrected chi connectivity index (χ0v) is 18.1. The van der Waals surface area contributed by atoms with E-state index in [9.17, 15) is 18.0 Å². The Labute approximate surface area is 169 Å². The smallest absolute Gasteiger partial charge is 0.307 e. The number of hydrogen-bond donors (Lipinski definition) is 1. The molecule has 1 aromatic heterocycles. The highest BCUT2D eigenvalue weighted by Crippen LogP contribution is 2.27. The number of amides is 1. The fraction of sp³-hybridized carbons (Fsp3) is 0.579. The summed E-state index contributed by atoms with van der Waals surface area (Å²) in [7, 11) is -1.96. The number of rotatable bonds is 6. The number of carbonyl (C=O) groups excluding carboxylic acids is 1. The first kappa shape index (κ1) is 21.0. The third-order valence-electron chi connectivity index (χ3n) is 5.25. The minimum atomic E-state index is -3.64. The van der Waals surface area contributed by atoms with Crippen molar-refractivity contribution in [2.45, 2.75) is 38.0 Å². The van der Waals surface area contributed by atoms with Crippen LogP contribution in [0.5, 0.6) is 0 Å². The normalized spacial score (nSPS) is 16.7. The molecule has 0 atom stereocenters. The lowest BCUT2D eigenvalue weighted by molar-refractivity contribution is -0.126. The van der Waals surface area contributed by atoms with E-state index in [1.807, 2.05) is 0 Å². The molecule has 2 heterocycles. The van der Waals surface area contributed by atoms with E-state index in [0.29, 0.717) is 43.1 Å². The minimum absolute atomic E-state index is 0.0215. The second kappa shape index (κ2) is 8.34. The molecule has 0 spiro atoms. The zero-order valence-electron chi connectivity index (χ0n) is 16.5. The van der Waals surface area contributed by atoms with Crippen LogP contribution >= 0.6 is 11.3 Å². The SMILES string of the molecule is CC(C)CCNC(=O)C1CCN(S(=O)(=O)c2ccc3c(c2)sc(=O)n3C)CC1. The number of fused-ring (bicyclic) bond motifs is 1. The fourth-order valence-electron chi connectivity index (χ4n) is 3.41. The van der Waals surface area contributed by atoms with Gasteiger partial charge in [-0.2, -0.15) is 4.31 Å². The molecule has 1 aromatic carbocycles. The van der Waals surface area contributed by atoms with Crippen molar-refractivity contribution in [3.05, 3.63) is 27.9 Å². The summed E-state index contributed by atoms with van der Waals surface area (Å²) in [4.78, 5) is 24.2. The van der Waals surface area contributed by atoms with Crippen molar-refractivity contribution in [2.24, 2.45) is 18.9 Å². The van der Waals surface area contributed by atoms with E-state index in [1.165, 1.54) is 8.87 Å². The largest absolute Gasteiger partial charge is 0.356 e. The summed E-state index contributed by atoms with van der Waals surface area (Å²) in [5, 5.41) is 2.96. The topological polar surface area (TPSA) is 88.5 Å². The first-order chi connectivity index (χ1) is 13.2. The van der Waals surface area contributed by atoms with Gasteiger partial charge in [-0.05, 0) is 43.4 Å². The van der Waals surface area contributed by atoms with Crippen LogP contribution in [0.1, 0.15) is 33.1 Å². The van der Waals surface area contributed by atoms with E-state index >= 15 is 0 Å². The Kier molecular flexibility index (Phi) is 6.26. The Morgan fingerprint density at radius 1 is 1.29 bits per heavy atom. The van der Waals surface area contributed by atoms with Gasteiger partial charge in [0.25, 0.3) is 0 Å². The predicted molar refractivity (Wildman–Crippen MR) is 111 cm³/mol. The highest BCUT2D eigenvalue weighted by atomic mass is 32.2. The van der Waals surface area contributed by atoms with Crippen molar-refractivity contribution < 1.29 is 13.2 Å². The second-order valence-corrected chi connectivity index (χ2v) is 10.6. The molecule has 9 heteroatoms. The molecule has 0 radical (unpaired) electrons. The number of benzene rings is 1. The molecule has 1 amide bonds. The van der Waals surface area contributed by atoms with Gasteiger partial charge in [-0.3, -0.25) is 9.59 Å². The summed E-state index contributed by atoms with van der Waals surface area (Å²) in [5.74, 6) is 0.418. The lowest BCUT2D eigenvalue weighted by Crippen LogP contribution is -2.43. The van der Waals surface area contributed by atoms with Crippen molar-refractivity contribution in [3.63, 3.8) is 0 Å². The second-order valence-electron chi connectivity index (χ2n) is 7.71. The van der Waals surface area contributed by atoms with E-state index < -0.39 is 10.0 Å². The maximum absolute atomic E-state index is 13.0. The van der Waals surface area contributed by atoms with E-state index in [-0.39, 0.29) is 21.6 Å². The number of aryl methyl sites for hydroxylation is 1. The van der Waals surface area contributed by atoms with Crippen LogP contribution in [0.4, 0.5) is 0 Å². The number of sulfonamides is 1. The van der Waals surface area contributed by atoms with Crippen LogP contribution in [0.25, 0.3) is 10.2 Å². The Hall–Kier alpha value is -1.71. The van der Waals surface area contributed by atoms with Crippen LogP contribution in [0.15, 0.2) is 27.9 Å². The highest BCUT2D eigenvalue weighted by Gasteiger charge is 2.32. The molecule has 28 heavy (non-hydrogen) atoms. The van der Waals surface area contributed by atoms with Crippen LogP contribution in [0.2, 0.25) is 0 Å². The van der Waals surface area contributed by atoms with Crippen LogP contribution in [0, 0.1) is 11.8 Å². The molecular formula is C19H27N3O4S2.